The predicted molar refractivity (Wildman–Crippen MR) is 77.0 cm³/mol. The molecule has 20 heavy (non-hydrogen) atoms. The van der Waals surface area contributed by atoms with Crippen molar-refractivity contribution in [1.82, 2.24) is 10.1 Å². The lowest BCUT2D eigenvalue weighted by Gasteiger charge is -2.22. The van der Waals surface area contributed by atoms with E-state index >= 15 is 0 Å². The van der Waals surface area contributed by atoms with Gasteiger partial charge in [0.15, 0.2) is 0 Å². The molecule has 6 heteroatoms. The molecule has 1 saturated carbocycles. The van der Waals surface area contributed by atoms with Crippen molar-refractivity contribution < 1.29 is 9.63 Å². The number of aromatic nitrogens is 2. The van der Waals surface area contributed by atoms with E-state index in [1.807, 2.05) is 6.07 Å². The topological polar surface area (TPSA) is 59.2 Å². The monoisotopic (exact) mass is 312 g/mol. The van der Waals surface area contributed by atoms with E-state index in [0.717, 1.165) is 31.2 Å². The van der Waals surface area contributed by atoms with E-state index in [1.54, 1.807) is 12.1 Å². The van der Waals surface area contributed by atoms with E-state index in [9.17, 15) is 5.11 Å². The van der Waals surface area contributed by atoms with Crippen LogP contribution < -0.4 is 0 Å². The molecule has 0 radical (unpaired) electrons. The van der Waals surface area contributed by atoms with Crippen LogP contribution in [0.1, 0.15) is 37.5 Å². The highest BCUT2D eigenvalue weighted by molar-refractivity contribution is 6.42. The average molecular weight is 313 g/mol. The summed E-state index contributed by atoms with van der Waals surface area (Å²) >= 11 is 11.9. The number of aliphatic hydroxyl groups is 1. The molecule has 0 amide bonds. The first-order chi connectivity index (χ1) is 9.63. The fourth-order valence-corrected chi connectivity index (χ4v) is 2.77. The SMILES string of the molecule is OC1CCC(c2nc(-c3ccc(Cl)c(Cl)c3)no2)CC1. The number of rotatable bonds is 2. The summed E-state index contributed by atoms with van der Waals surface area (Å²) in [6, 6.07) is 5.25. The van der Waals surface area contributed by atoms with Gasteiger partial charge in [-0.2, -0.15) is 4.98 Å². The smallest absolute Gasteiger partial charge is 0.230 e. The van der Waals surface area contributed by atoms with Crippen molar-refractivity contribution in [2.24, 2.45) is 0 Å². The number of hydrogen-bond acceptors (Lipinski definition) is 4. The number of halogens is 2. The average Bonchev–Trinajstić information content (AvgIpc) is 2.92. The Bertz CT molecular complexity index is 607. The number of benzene rings is 1. The standard InChI is InChI=1S/C14H14Cl2N2O2/c15-11-6-3-9(7-12(11)16)13-17-14(20-18-13)8-1-4-10(19)5-2-8/h3,6-8,10,19H,1-2,4-5H2. The lowest BCUT2D eigenvalue weighted by molar-refractivity contribution is 0.116. The molecule has 4 nitrogen and oxygen atoms in total. The molecule has 0 bridgehead atoms. The van der Waals surface area contributed by atoms with Gasteiger partial charge in [-0.15, -0.1) is 0 Å². The number of hydrogen-bond donors (Lipinski definition) is 1. The van der Waals surface area contributed by atoms with Gasteiger partial charge in [0.25, 0.3) is 0 Å². The zero-order chi connectivity index (χ0) is 14.1. The van der Waals surface area contributed by atoms with Gasteiger partial charge < -0.3 is 9.63 Å². The summed E-state index contributed by atoms with van der Waals surface area (Å²) < 4.78 is 5.35. The molecule has 0 saturated heterocycles. The molecule has 2 aromatic rings. The summed E-state index contributed by atoms with van der Waals surface area (Å²) in [7, 11) is 0. The second-order valence-electron chi connectivity index (χ2n) is 5.09. The second kappa shape index (κ2) is 5.72. The van der Waals surface area contributed by atoms with Gasteiger partial charge in [0, 0.05) is 11.5 Å². The second-order valence-corrected chi connectivity index (χ2v) is 5.90. The van der Waals surface area contributed by atoms with Gasteiger partial charge in [-0.05, 0) is 43.9 Å². The third-order valence-electron chi connectivity index (χ3n) is 3.67. The van der Waals surface area contributed by atoms with Crippen LogP contribution in [-0.2, 0) is 0 Å². The summed E-state index contributed by atoms with van der Waals surface area (Å²) in [5.74, 6) is 1.39. The zero-order valence-corrected chi connectivity index (χ0v) is 12.2. The normalized spacial score (nSPS) is 22.9. The first kappa shape index (κ1) is 13.9. The molecule has 1 fully saturated rings. The van der Waals surface area contributed by atoms with Crippen LogP contribution in [-0.4, -0.2) is 21.4 Å². The maximum atomic E-state index is 9.52. The minimum atomic E-state index is -0.191. The van der Waals surface area contributed by atoms with Crippen LogP contribution in [0.25, 0.3) is 11.4 Å². The van der Waals surface area contributed by atoms with Gasteiger partial charge in [-0.3, -0.25) is 0 Å². The largest absolute Gasteiger partial charge is 0.393 e. The highest BCUT2D eigenvalue weighted by Gasteiger charge is 2.25. The maximum Gasteiger partial charge on any atom is 0.230 e. The van der Waals surface area contributed by atoms with E-state index in [4.69, 9.17) is 27.7 Å². The van der Waals surface area contributed by atoms with Gasteiger partial charge in [-0.1, -0.05) is 28.4 Å². The van der Waals surface area contributed by atoms with Crippen molar-refractivity contribution in [2.75, 3.05) is 0 Å². The number of aliphatic hydroxyl groups excluding tert-OH is 1. The third-order valence-corrected chi connectivity index (χ3v) is 4.40. The van der Waals surface area contributed by atoms with Gasteiger partial charge in [-0.25, -0.2) is 0 Å². The van der Waals surface area contributed by atoms with E-state index < -0.39 is 0 Å². The number of nitrogens with zero attached hydrogens (tertiary/aromatic N) is 2. The molecule has 1 aliphatic carbocycles. The first-order valence-electron chi connectivity index (χ1n) is 6.60. The Labute approximate surface area is 126 Å². The molecule has 3 rings (SSSR count). The van der Waals surface area contributed by atoms with Gasteiger partial charge in [0.05, 0.1) is 16.1 Å². The third kappa shape index (κ3) is 2.82. The fraction of sp³-hybridized carbons (Fsp3) is 0.429. The summed E-state index contributed by atoms with van der Waals surface area (Å²) in [5, 5.41) is 14.5. The van der Waals surface area contributed by atoms with E-state index in [-0.39, 0.29) is 12.0 Å². The van der Waals surface area contributed by atoms with Crippen LogP contribution in [0.4, 0.5) is 0 Å². The van der Waals surface area contributed by atoms with E-state index in [2.05, 4.69) is 10.1 Å². The van der Waals surface area contributed by atoms with Crippen LogP contribution >= 0.6 is 23.2 Å². The van der Waals surface area contributed by atoms with Crippen LogP contribution in [0.2, 0.25) is 10.0 Å². The molecule has 0 atom stereocenters. The summed E-state index contributed by atoms with van der Waals surface area (Å²) in [6.07, 6.45) is 3.14. The minimum absolute atomic E-state index is 0.191. The summed E-state index contributed by atoms with van der Waals surface area (Å²) in [6.45, 7) is 0. The molecule has 0 aliphatic heterocycles. The van der Waals surface area contributed by atoms with Crippen molar-refractivity contribution in [3.05, 3.63) is 34.1 Å². The minimum Gasteiger partial charge on any atom is -0.393 e. The molecule has 0 spiro atoms. The van der Waals surface area contributed by atoms with Crippen molar-refractivity contribution in [2.45, 2.75) is 37.7 Å². The molecule has 0 unspecified atom stereocenters. The van der Waals surface area contributed by atoms with Crippen LogP contribution in [0.3, 0.4) is 0 Å². The van der Waals surface area contributed by atoms with E-state index in [1.165, 1.54) is 0 Å². The van der Waals surface area contributed by atoms with Gasteiger partial charge in [0.1, 0.15) is 0 Å². The Hall–Kier alpha value is -1.10. The van der Waals surface area contributed by atoms with E-state index in [0.29, 0.717) is 21.8 Å². The summed E-state index contributed by atoms with van der Waals surface area (Å²) in [4.78, 5) is 4.44. The lowest BCUT2D eigenvalue weighted by atomic mass is 9.87. The van der Waals surface area contributed by atoms with Crippen LogP contribution in [0.15, 0.2) is 22.7 Å². The Morgan fingerprint density at radius 3 is 2.55 bits per heavy atom. The zero-order valence-electron chi connectivity index (χ0n) is 10.7. The van der Waals surface area contributed by atoms with Crippen molar-refractivity contribution in [3.63, 3.8) is 0 Å². The Balaban J connectivity index is 1.81. The predicted octanol–water partition coefficient (Wildman–Crippen LogP) is 4.06. The van der Waals surface area contributed by atoms with Crippen LogP contribution in [0.5, 0.6) is 0 Å². The summed E-state index contributed by atoms with van der Waals surface area (Å²) in [5.41, 5.74) is 0.783. The quantitative estimate of drug-likeness (QED) is 0.908. The molecule has 1 aliphatic rings. The van der Waals surface area contributed by atoms with Crippen molar-refractivity contribution >= 4 is 23.2 Å². The van der Waals surface area contributed by atoms with Crippen molar-refractivity contribution in [1.29, 1.82) is 0 Å². The molecule has 1 aromatic heterocycles. The lowest BCUT2D eigenvalue weighted by Crippen LogP contribution is -2.17. The molecular weight excluding hydrogens is 299 g/mol. The van der Waals surface area contributed by atoms with Crippen molar-refractivity contribution in [3.8, 4) is 11.4 Å². The fourth-order valence-electron chi connectivity index (χ4n) is 2.48. The molecular formula is C14H14Cl2N2O2. The van der Waals surface area contributed by atoms with Gasteiger partial charge >= 0.3 is 0 Å². The molecule has 1 heterocycles. The highest BCUT2D eigenvalue weighted by Crippen LogP contribution is 2.33. The highest BCUT2D eigenvalue weighted by atomic mass is 35.5. The van der Waals surface area contributed by atoms with Gasteiger partial charge in [0.2, 0.25) is 11.7 Å². The Kier molecular flexibility index (Phi) is 3.96. The molecule has 1 N–H and O–H groups in total. The Morgan fingerprint density at radius 1 is 1.10 bits per heavy atom. The Morgan fingerprint density at radius 2 is 1.85 bits per heavy atom. The first-order valence-corrected chi connectivity index (χ1v) is 7.36. The molecule has 106 valence electrons. The van der Waals surface area contributed by atoms with Crippen LogP contribution in [0, 0.1) is 0 Å². The molecule has 1 aromatic carbocycles. The maximum absolute atomic E-state index is 9.52.